The number of H-pyrrole nitrogens is 2. The van der Waals surface area contributed by atoms with Crippen molar-refractivity contribution >= 4 is 38.8 Å². The molecule has 0 aliphatic carbocycles. The van der Waals surface area contributed by atoms with Crippen LogP contribution in [0, 0.1) is 0 Å². The highest BCUT2D eigenvalue weighted by Crippen LogP contribution is 2.36. The Bertz CT molecular complexity index is 1560. The van der Waals surface area contributed by atoms with Crippen molar-refractivity contribution in [1.82, 2.24) is 20.2 Å². The van der Waals surface area contributed by atoms with Crippen molar-refractivity contribution in [2.75, 3.05) is 19.0 Å². The van der Waals surface area contributed by atoms with Crippen molar-refractivity contribution < 1.29 is 0 Å². The Morgan fingerprint density at radius 3 is 2.62 bits per heavy atom. The van der Waals surface area contributed by atoms with Crippen LogP contribution in [0.2, 0.25) is 0 Å². The number of anilines is 1. The molecule has 0 unspecified atom stereocenters. The maximum absolute atomic E-state index is 4.66. The van der Waals surface area contributed by atoms with Gasteiger partial charge in [-0.2, -0.15) is 16.4 Å². The van der Waals surface area contributed by atoms with Crippen LogP contribution < -0.4 is 4.90 Å². The Morgan fingerprint density at radius 2 is 1.78 bits per heavy atom. The van der Waals surface area contributed by atoms with E-state index in [2.05, 4.69) is 90.4 Å². The molecule has 0 atom stereocenters. The number of aromatic nitrogens is 4. The highest BCUT2D eigenvalue weighted by atomic mass is 32.1. The minimum Gasteiger partial charge on any atom is -0.376 e. The first-order valence-corrected chi connectivity index (χ1v) is 11.4. The molecule has 0 amide bonds. The number of rotatable bonds is 4. The van der Waals surface area contributed by atoms with Crippen LogP contribution in [0.1, 0.15) is 0 Å². The van der Waals surface area contributed by atoms with E-state index in [1.165, 1.54) is 16.5 Å². The molecule has 0 aliphatic rings. The molecular weight excluding hydrogens is 414 g/mol. The third kappa shape index (κ3) is 3.08. The van der Waals surface area contributed by atoms with Gasteiger partial charge in [0, 0.05) is 42.1 Å². The number of thiophene rings is 1. The van der Waals surface area contributed by atoms with Crippen LogP contribution in [0.5, 0.6) is 0 Å². The molecule has 0 aliphatic heterocycles. The van der Waals surface area contributed by atoms with E-state index in [0.717, 1.165) is 44.6 Å². The van der Waals surface area contributed by atoms with E-state index in [1.54, 1.807) is 11.3 Å². The van der Waals surface area contributed by atoms with Crippen molar-refractivity contribution in [2.24, 2.45) is 0 Å². The van der Waals surface area contributed by atoms with Crippen LogP contribution in [0.25, 0.3) is 55.4 Å². The molecule has 156 valence electrons. The number of fused-ring (bicyclic) bond motifs is 2. The monoisotopic (exact) mass is 435 g/mol. The lowest BCUT2D eigenvalue weighted by Crippen LogP contribution is -2.08. The number of benzene rings is 2. The molecule has 0 saturated carbocycles. The van der Waals surface area contributed by atoms with Crippen molar-refractivity contribution in [3.63, 3.8) is 0 Å². The lowest BCUT2D eigenvalue weighted by molar-refractivity contribution is 1.11. The minimum atomic E-state index is 0.922. The molecule has 6 heteroatoms. The zero-order valence-corrected chi connectivity index (χ0v) is 18.6. The molecule has 0 saturated heterocycles. The van der Waals surface area contributed by atoms with Gasteiger partial charge >= 0.3 is 0 Å². The van der Waals surface area contributed by atoms with Crippen molar-refractivity contribution in [2.45, 2.75) is 0 Å². The number of hydrogen-bond acceptors (Lipinski definition) is 4. The second-order valence-electron chi connectivity index (χ2n) is 8.12. The second kappa shape index (κ2) is 7.35. The average Bonchev–Trinajstić information content (AvgIpc) is 3.57. The largest absolute Gasteiger partial charge is 0.376 e. The van der Waals surface area contributed by atoms with Gasteiger partial charge in [0.1, 0.15) is 5.69 Å². The number of nitrogens with one attached hydrogen (secondary N) is 2. The zero-order valence-electron chi connectivity index (χ0n) is 17.8. The standard InChI is InChI=1S/C26H21N5S/c1-31(2)19-10-18(13-27-14-19)16-6-7-24-22(11-16)26(30-29-24)25-12-21-20(17-8-9-32-15-17)4-3-5-23(21)28-25/h3-15,28H,1-2H3,(H,29,30). The van der Waals surface area contributed by atoms with Gasteiger partial charge in [-0.1, -0.05) is 18.2 Å². The van der Waals surface area contributed by atoms with Gasteiger partial charge in [0.25, 0.3) is 0 Å². The smallest absolute Gasteiger partial charge is 0.116 e. The molecule has 6 rings (SSSR count). The molecule has 5 nitrogen and oxygen atoms in total. The molecule has 2 N–H and O–H groups in total. The van der Waals surface area contributed by atoms with Crippen molar-refractivity contribution in [1.29, 1.82) is 0 Å². The van der Waals surface area contributed by atoms with Crippen LogP contribution in [-0.2, 0) is 0 Å². The van der Waals surface area contributed by atoms with E-state index in [9.17, 15) is 0 Å². The minimum absolute atomic E-state index is 0.922. The first kappa shape index (κ1) is 18.8. The molecule has 4 heterocycles. The number of nitrogens with zero attached hydrogens (tertiary/aromatic N) is 3. The summed E-state index contributed by atoms with van der Waals surface area (Å²) in [6.07, 6.45) is 3.78. The van der Waals surface area contributed by atoms with Crippen LogP contribution in [-0.4, -0.2) is 34.3 Å². The van der Waals surface area contributed by atoms with Gasteiger partial charge < -0.3 is 9.88 Å². The maximum atomic E-state index is 4.66. The third-order valence-electron chi connectivity index (χ3n) is 5.89. The fraction of sp³-hybridized carbons (Fsp3) is 0.0769. The van der Waals surface area contributed by atoms with Gasteiger partial charge in [0.05, 0.1) is 23.1 Å². The van der Waals surface area contributed by atoms with Crippen LogP contribution in [0.4, 0.5) is 5.69 Å². The first-order chi connectivity index (χ1) is 15.7. The average molecular weight is 436 g/mol. The van der Waals surface area contributed by atoms with E-state index in [1.807, 2.05) is 26.5 Å². The molecule has 6 aromatic rings. The van der Waals surface area contributed by atoms with Crippen LogP contribution >= 0.6 is 11.3 Å². The van der Waals surface area contributed by atoms with Gasteiger partial charge in [0.2, 0.25) is 0 Å². The van der Waals surface area contributed by atoms with Gasteiger partial charge in [0.15, 0.2) is 0 Å². The third-order valence-corrected chi connectivity index (χ3v) is 6.57. The van der Waals surface area contributed by atoms with E-state index in [0.29, 0.717) is 0 Å². The Hall–Kier alpha value is -3.90. The lowest BCUT2D eigenvalue weighted by Gasteiger charge is -2.13. The summed E-state index contributed by atoms with van der Waals surface area (Å²) < 4.78 is 0. The fourth-order valence-electron chi connectivity index (χ4n) is 4.18. The molecule has 0 fully saturated rings. The highest BCUT2D eigenvalue weighted by molar-refractivity contribution is 7.08. The molecule has 2 aromatic carbocycles. The molecule has 32 heavy (non-hydrogen) atoms. The summed E-state index contributed by atoms with van der Waals surface area (Å²) in [5.41, 5.74) is 9.81. The molecule has 0 radical (unpaired) electrons. The summed E-state index contributed by atoms with van der Waals surface area (Å²) in [7, 11) is 4.05. The molecule has 0 spiro atoms. The Morgan fingerprint density at radius 1 is 0.844 bits per heavy atom. The van der Waals surface area contributed by atoms with Gasteiger partial charge in [-0.25, -0.2) is 0 Å². The number of hydrogen-bond donors (Lipinski definition) is 2. The number of aromatic amines is 2. The van der Waals surface area contributed by atoms with Gasteiger partial charge in [-0.15, -0.1) is 0 Å². The zero-order chi connectivity index (χ0) is 21.7. The summed E-state index contributed by atoms with van der Waals surface area (Å²) in [5, 5.41) is 14.4. The van der Waals surface area contributed by atoms with Crippen molar-refractivity contribution in [3.05, 3.63) is 77.8 Å². The second-order valence-corrected chi connectivity index (χ2v) is 8.90. The van der Waals surface area contributed by atoms with E-state index >= 15 is 0 Å². The maximum Gasteiger partial charge on any atom is 0.116 e. The predicted molar refractivity (Wildman–Crippen MR) is 134 cm³/mol. The normalized spacial score (nSPS) is 11.4. The summed E-state index contributed by atoms with van der Waals surface area (Å²) >= 11 is 1.72. The molecule has 4 aromatic heterocycles. The summed E-state index contributed by atoms with van der Waals surface area (Å²) in [6.45, 7) is 0. The van der Waals surface area contributed by atoms with E-state index < -0.39 is 0 Å². The lowest BCUT2D eigenvalue weighted by atomic mass is 10.0. The Labute approximate surface area is 189 Å². The first-order valence-electron chi connectivity index (χ1n) is 10.4. The predicted octanol–water partition coefficient (Wildman–Crippen LogP) is 6.57. The summed E-state index contributed by atoms with van der Waals surface area (Å²) in [6, 6.07) is 19.3. The van der Waals surface area contributed by atoms with Crippen LogP contribution in [0.3, 0.4) is 0 Å². The number of pyridine rings is 1. The van der Waals surface area contributed by atoms with E-state index in [4.69, 9.17) is 0 Å². The Kier molecular flexibility index (Phi) is 4.33. The Balaban J connectivity index is 1.49. The van der Waals surface area contributed by atoms with Crippen molar-refractivity contribution in [3.8, 4) is 33.6 Å². The van der Waals surface area contributed by atoms with Gasteiger partial charge in [-0.05, 0) is 63.8 Å². The molecular formula is C26H21N5S. The topological polar surface area (TPSA) is 60.6 Å². The van der Waals surface area contributed by atoms with E-state index in [-0.39, 0.29) is 0 Å². The summed E-state index contributed by atoms with van der Waals surface area (Å²) in [5.74, 6) is 0. The van der Waals surface area contributed by atoms with Crippen LogP contribution in [0.15, 0.2) is 77.8 Å². The molecule has 0 bridgehead atoms. The quantitative estimate of drug-likeness (QED) is 0.329. The SMILES string of the molecule is CN(C)c1cncc(-c2ccc3[nH]nc(-c4cc5c(-c6ccsc6)cccc5[nH]4)c3c2)c1. The fourth-order valence-corrected chi connectivity index (χ4v) is 4.84. The van der Waals surface area contributed by atoms with Gasteiger partial charge in [-0.3, -0.25) is 10.1 Å². The summed E-state index contributed by atoms with van der Waals surface area (Å²) in [4.78, 5) is 10.1. The highest BCUT2D eigenvalue weighted by Gasteiger charge is 2.14.